The summed E-state index contributed by atoms with van der Waals surface area (Å²) in [6, 6.07) is 5.56. The number of hydrogen-bond donors (Lipinski definition) is 0. The molecule has 0 N–H and O–H groups in total. The summed E-state index contributed by atoms with van der Waals surface area (Å²) in [5, 5.41) is 4.80. The van der Waals surface area contributed by atoms with Crippen molar-refractivity contribution in [3.05, 3.63) is 49.7 Å². The van der Waals surface area contributed by atoms with Crippen LogP contribution >= 0.6 is 34.4 Å². The van der Waals surface area contributed by atoms with Crippen LogP contribution < -0.4 is 5.56 Å². The van der Waals surface area contributed by atoms with Crippen LogP contribution in [0.3, 0.4) is 0 Å². The zero-order valence-corrected chi connectivity index (χ0v) is 14.4. The van der Waals surface area contributed by atoms with Crippen LogP contribution in [-0.2, 0) is 6.54 Å². The lowest BCUT2D eigenvalue weighted by atomic mass is 10.3. The second-order valence-corrected chi connectivity index (χ2v) is 6.39. The molecule has 3 aromatic heterocycles. The minimum atomic E-state index is -0.160. The van der Waals surface area contributed by atoms with Gasteiger partial charge in [0.15, 0.2) is 0 Å². The first kappa shape index (κ1) is 14.5. The standard InChI is InChI=1S/C13H12IN5OS/c1-8-5-11(20)19-13(16-12(17-19)21-2)18(8)7-9-3-4-10(14)15-6-9/h3-6H,7H2,1-2H3. The number of nitrogens with zero attached hydrogens (tertiary/aromatic N) is 5. The Hall–Kier alpha value is -1.42. The summed E-state index contributed by atoms with van der Waals surface area (Å²) >= 11 is 3.59. The van der Waals surface area contributed by atoms with Gasteiger partial charge in [-0.1, -0.05) is 17.8 Å². The number of thioether (sulfide) groups is 1. The monoisotopic (exact) mass is 413 g/mol. The molecule has 3 heterocycles. The van der Waals surface area contributed by atoms with Gasteiger partial charge < -0.3 is 4.57 Å². The Kier molecular flexibility index (Phi) is 3.98. The van der Waals surface area contributed by atoms with Gasteiger partial charge in [-0.15, -0.1) is 5.10 Å². The van der Waals surface area contributed by atoms with Gasteiger partial charge in [-0.25, -0.2) is 4.98 Å². The second-order valence-electron chi connectivity index (χ2n) is 4.51. The van der Waals surface area contributed by atoms with E-state index in [1.54, 1.807) is 6.07 Å². The molecular formula is C13H12IN5OS. The zero-order chi connectivity index (χ0) is 15.0. The maximum absolute atomic E-state index is 12.0. The molecule has 3 rings (SSSR count). The Morgan fingerprint density at radius 3 is 2.86 bits per heavy atom. The molecule has 0 aromatic carbocycles. The molecule has 0 radical (unpaired) electrons. The van der Waals surface area contributed by atoms with E-state index in [4.69, 9.17) is 0 Å². The summed E-state index contributed by atoms with van der Waals surface area (Å²) in [6.45, 7) is 2.50. The van der Waals surface area contributed by atoms with E-state index in [1.165, 1.54) is 16.3 Å². The Morgan fingerprint density at radius 1 is 1.38 bits per heavy atom. The number of hydrogen-bond acceptors (Lipinski definition) is 5. The summed E-state index contributed by atoms with van der Waals surface area (Å²) < 4.78 is 4.27. The summed E-state index contributed by atoms with van der Waals surface area (Å²) in [4.78, 5) is 20.7. The van der Waals surface area contributed by atoms with Crippen molar-refractivity contribution in [3.63, 3.8) is 0 Å². The molecule has 3 aromatic rings. The van der Waals surface area contributed by atoms with Gasteiger partial charge >= 0.3 is 0 Å². The lowest BCUT2D eigenvalue weighted by Crippen LogP contribution is -2.20. The molecule has 0 aliphatic rings. The van der Waals surface area contributed by atoms with E-state index < -0.39 is 0 Å². The highest BCUT2D eigenvalue weighted by Gasteiger charge is 2.12. The average molecular weight is 413 g/mol. The van der Waals surface area contributed by atoms with Crippen molar-refractivity contribution < 1.29 is 0 Å². The topological polar surface area (TPSA) is 65.1 Å². The van der Waals surface area contributed by atoms with E-state index >= 15 is 0 Å². The predicted molar refractivity (Wildman–Crippen MR) is 89.8 cm³/mol. The van der Waals surface area contributed by atoms with Crippen LogP contribution in [0.15, 0.2) is 34.3 Å². The van der Waals surface area contributed by atoms with Crippen molar-refractivity contribution >= 4 is 40.1 Å². The molecule has 0 aliphatic heterocycles. The van der Waals surface area contributed by atoms with Crippen LogP contribution in [0, 0.1) is 10.6 Å². The van der Waals surface area contributed by atoms with E-state index in [0.29, 0.717) is 17.5 Å². The first-order valence-corrected chi connectivity index (χ1v) is 8.50. The van der Waals surface area contributed by atoms with E-state index in [2.05, 4.69) is 37.7 Å². The predicted octanol–water partition coefficient (Wildman–Crippen LogP) is 1.97. The molecule has 108 valence electrons. The molecule has 0 fully saturated rings. The number of rotatable bonds is 3. The molecule has 0 unspecified atom stereocenters. The fourth-order valence-electron chi connectivity index (χ4n) is 2.05. The van der Waals surface area contributed by atoms with Crippen molar-refractivity contribution in [2.45, 2.75) is 18.6 Å². The third kappa shape index (κ3) is 2.82. The fourth-order valence-corrected chi connectivity index (χ4v) is 2.70. The van der Waals surface area contributed by atoms with Gasteiger partial charge in [-0.05, 0) is 47.4 Å². The molecule has 0 spiro atoms. The van der Waals surface area contributed by atoms with Gasteiger partial charge in [-0.3, -0.25) is 4.79 Å². The zero-order valence-electron chi connectivity index (χ0n) is 11.4. The number of halogens is 1. The summed E-state index contributed by atoms with van der Waals surface area (Å²) in [6.07, 6.45) is 3.72. The first-order chi connectivity index (χ1) is 10.1. The van der Waals surface area contributed by atoms with Crippen LogP contribution in [-0.4, -0.2) is 30.4 Å². The van der Waals surface area contributed by atoms with E-state index in [1.807, 2.05) is 36.1 Å². The van der Waals surface area contributed by atoms with Crippen LogP contribution in [0.1, 0.15) is 11.3 Å². The molecule has 8 heteroatoms. The van der Waals surface area contributed by atoms with Crippen molar-refractivity contribution in [3.8, 4) is 0 Å². The van der Waals surface area contributed by atoms with Gasteiger partial charge in [0.1, 0.15) is 3.70 Å². The Balaban J connectivity index is 2.14. The van der Waals surface area contributed by atoms with Gasteiger partial charge in [0.2, 0.25) is 10.9 Å². The largest absolute Gasteiger partial charge is 0.310 e. The van der Waals surface area contributed by atoms with Crippen LogP contribution in [0.5, 0.6) is 0 Å². The van der Waals surface area contributed by atoms with Crippen LogP contribution in [0.25, 0.3) is 5.78 Å². The van der Waals surface area contributed by atoms with Gasteiger partial charge in [-0.2, -0.15) is 9.50 Å². The molecular weight excluding hydrogens is 401 g/mol. The molecule has 0 amide bonds. The number of aryl methyl sites for hydroxylation is 1. The molecule has 0 saturated heterocycles. The van der Waals surface area contributed by atoms with Crippen molar-refractivity contribution in [2.75, 3.05) is 6.26 Å². The Bertz CT molecular complexity index is 855. The van der Waals surface area contributed by atoms with Gasteiger partial charge in [0.05, 0.1) is 6.54 Å². The molecule has 0 saturated carbocycles. The van der Waals surface area contributed by atoms with E-state index in [-0.39, 0.29) is 5.56 Å². The van der Waals surface area contributed by atoms with Crippen molar-refractivity contribution in [1.82, 2.24) is 24.1 Å². The highest BCUT2D eigenvalue weighted by atomic mass is 127. The van der Waals surface area contributed by atoms with E-state index in [9.17, 15) is 4.79 Å². The number of aromatic nitrogens is 5. The fraction of sp³-hybridized carbons (Fsp3) is 0.231. The quantitative estimate of drug-likeness (QED) is 0.373. The smallest absolute Gasteiger partial charge is 0.275 e. The highest BCUT2D eigenvalue weighted by molar-refractivity contribution is 14.1. The third-order valence-electron chi connectivity index (χ3n) is 3.09. The normalized spacial score (nSPS) is 11.2. The highest BCUT2D eigenvalue weighted by Crippen LogP contribution is 2.13. The Morgan fingerprint density at radius 2 is 2.19 bits per heavy atom. The third-order valence-corrected chi connectivity index (χ3v) is 4.27. The Labute approximate surface area is 138 Å². The molecule has 0 aliphatic carbocycles. The lowest BCUT2D eigenvalue weighted by Gasteiger charge is -2.11. The average Bonchev–Trinajstić information content (AvgIpc) is 2.90. The van der Waals surface area contributed by atoms with E-state index in [0.717, 1.165) is 15.0 Å². The summed E-state index contributed by atoms with van der Waals surface area (Å²) in [5.41, 5.74) is 1.75. The maximum Gasteiger partial charge on any atom is 0.275 e. The van der Waals surface area contributed by atoms with Gasteiger partial charge in [0, 0.05) is 18.0 Å². The van der Waals surface area contributed by atoms with Crippen LogP contribution in [0.4, 0.5) is 0 Å². The maximum atomic E-state index is 12.0. The number of fused-ring (bicyclic) bond motifs is 1. The van der Waals surface area contributed by atoms with Gasteiger partial charge in [0.25, 0.3) is 5.56 Å². The molecule has 0 atom stereocenters. The second kappa shape index (κ2) is 5.76. The van der Waals surface area contributed by atoms with Crippen LogP contribution in [0.2, 0.25) is 0 Å². The first-order valence-electron chi connectivity index (χ1n) is 6.20. The molecule has 6 nitrogen and oxygen atoms in total. The lowest BCUT2D eigenvalue weighted by molar-refractivity contribution is 0.727. The SMILES string of the molecule is CSc1nc2n(Cc3ccc(I)nc3)c(C)cc(=O)n2n1. The van der Waals surface area contributed by atoms with Crippen molar-refractivity contribution in [1.29, 1.82) is 0 Å². The van der Waals surface area contributed by atoms with Crippen molar-refractivity contribution in [2.24, 2.45) is 0 Å². The summed E-state index contributed by atoms with van der Waals surface area (Å²) in [5.74, 6) is 0.558. The molecule has 0 bridgehead atoms. The minimum Gasteiger partial charge on any atom is -0.310 e. The number of pyridine rings is 1. The summed E-state index contributed by atoms with van der Waals surface area (Å²) in [7, 11) is 0. The minimum absolute atomic E-state index is 0.160. The molecule has 21 heavy (non-hydrogen) atoms.